The van der Waals surface area contributed by atoms with Crippen molar-refractivity contribution in [3.8, 4) is 0 Å². The fourth-order valence-corrected chi connectivity index (χ4v) is 1.39. The third kappa shape index (κ3) is 3.85. The fourth-order valence-electron chi connectivity index (χ4n) is 0.572. The van der Waals surface area contributed by atoms with Crippen molar-refractivity contribution < 1.29 is 16.3 Å². The van der Waals surface area contributed by atoms with E-state index in [9.17, 15) is 0 Å². The van der Waals surface area contributed by atoms with E-state index in [4.69, 9.17) is 34.8 Å². The molecule has 1 rings (SSSR count). The molecule has 0 atom stereocenters. The summed E-state index contributed by atoms with van der Waals surface area (Å²) in [6, 6.07) is 3.22. The molecule has 0 aliphatic heterocycles. The van der Waals surface area contributed by atoms with Crippen LogP contribution in [-0.4, -0.2) is 0 Å². The van der Waals surface area contributed by atoms with Gasteiger partial charge in [0, 0.05) is 5.02 Å². The molecule has 0 radical (unpaired) electrons. The molecule has 5 heteroatoms. The molecule has 0 fully saturated rings. The Morgan fingerprint density at radius 2 is 1.42 bits per heavy atom. The van der Waals surface area contributed by atoms with E-state index in [1.165, 1.54) is 16.3 Å². The molecule has 0 heterocycles. The first-order valence-electron chi connectivity index (χ1n) is 2.84. The molecule has 0 unspecified atom stereocenters. The van der Waals surface area contributed by atoms with Crippen molar-refractivity contribution in [3.63, 3.8) is 0 Å². The molecule has 0 aliphatic rings. The first-order chi connectivity index (χ1) is 5.61. The molecular weight excluding hydrogens is 336 g/mol. The van der Waals surface area contributed by atoms with Crippen molar-refractivity contribution in [2.24, 2.45) is 0 Å². The summed E-state index contributed by atoms with van der Waals surface area (Å²) in [7, 11) is 0. The average molecular weight is 340 g/mol. The van der Waals surface area contributed by atoms with Crippen LogP contribution in [0.5, 0.6) is 0 Å². The molecule has 1 aromatic rings. The monoisotopic (exact) mass is 336 g/mol. The van der Waals surface area contributed by atoms with Crippen LogP contribution >= 0.6 is 48.4 Å². The first-order valence-corrected chi connectivity index (χ1v) is 10.9. The summed E-state index contributed by atoms with van der Waals surface area (Å²) in [4.78, 5) is 0. The third-order valence-electron chi connectivity index (χ3n) is 1.11. The quantitative estimate of drug-likeness (QED) is 0.476. The van der Waals surface area contributed by atoms with Gasteiger partial charge in [-0.05, 0) is 0 Å². The molecule has 1 aromatic carbocycles. The van der Waals surface area contributed by atoms with Crippen LogP contribution in [0.15, 0.2) is 12.1 Å². The predicted molar refractivity (Wildman–Crippen MR) is 54.9 cm³/mol. The second-order valence-electron chi connectivity index (χ2n) is 1.85. The zero-order valence-corrected chi connectivity index (χ0v) is 12.9. The number of hydrogen-bond acceptors (Lipinski definition) is 0. The zero-order chi connectivity index (χ0) is 9.72. The van der Waals surface area contributed by atoms with Gasteiger partial charge in [0.2, 0.25) is 0 Å². The van der Waals surface area contributed by atoms with Gasteiger partial charge >= 0.3 is 30.0 Å². The van der Waals surface area contributed by atoms with Gasteiger partial charge in [-0.2, -0.15) is 35.7 Å². The van der Waals surface area contributed by atoms with E-state index in [2.05, 4.69) is 20.5 Å². The first kappa shape index (κ1) is 13.1. The van der Waals surface area contributed by atoms with E-state index in [-0.39, 0.29) is 0 Å². The van der Waals surface area contributed by atoms with Crippen LogP contribution in [0.1, 0.15) is 5.56 Å². The normalized spacial score (nSPS) is 8.83. The maximum absolute atomic E-state index is 5.69. The summed E-state index contributed by atoms with van der Waals surface area (Å²) in [5, 5.41) is 1.53. The van der Waals surface area contributed by atoms with Crippen molar-refractivity contribution in [1.82, 2.24) is 0 Å². The molecule has 62 valence electrons. The number of halogens is 4. The van der Waals surface area contributed by atoms with Gasteiger partial charge in [-0.15, -0.1) is 0 Å². The summed E-state index contributed by atoms with van der Waals surface area (Å²) < 4.78 is 0. The van der Waals surface area contributed by atoms with Gasteiger partial charge in [0.15, 0.2) is 0 Å². The number of benzene rings is 1. The molecule has 0 spiro atoms. The van der Waals surface area contributed by atoms with Gasteiger partial charge in [0.1, 0.15) is 0 Å². The standard InChI is InChI=1S/C7H4Cl3.BrH.Zn/c1-4-6(9)2-5(8)3-7(4)10;;/h2-3H,1H2;1H;/q-1;;+2/p-1. The summed E-state index contributed by atoms with van der Waals surface area (Å²) >= 11 is 21.3. The molecule has 0 aromatic heterocycles. The molecule has 0 saturated carbocycles. The summed E-state index contributed by atoms with van der Waals surface area (Å²) in [5.74, 6) is 0. The Morgan fingerprint density at radius 3 is 1.75 bits per heavy atom. The second kappa shape index (κ2) is 6.51. The maximum atomic E-state index is 5.69. The molecule has 0 aliphatic carbocycles. The van der Waals surface area contributed by atoms with Crippen molar-refractivity contribution in [2.45, 2.75) is 0 Å². The topological polar surface area (TPSA) is 0 Å². The predicted octanol–water partition coefficient (Wildman–Crippen LogP) is 4.67. The van der Waals surface area contributed by atoms with Crippen LogP contribution in [0, 0.1) is 6.92 Å². The van der Waals surface area contributed by atoms with Gasteiger partial charge in [0.25, 0.3) is 0 Å². The van der Waals surface area contributed by atoms with Crippen LogP contribution in [0.3, 0.4) is 0 Å². The number of hydrogen-bond donors (Lipinski definition) is 0. The zero-order valence-electron chi connectivity index (χ0n) is 6.08. The number of rotatable bonds is 0. The van der Waals surface area contributed by atoms with E-state index in [1.807, 2.05) is 0 Å². The Hall–Kier alpha value is 1.06. The van der Waals surface area contributed by atoms with Crippen LogP contribution in [-0.2, 0) is 16.3 Å². The second-order valence-corrected chi connectivity index (χ2v) is 3.10. The van der Waals surface area contributed by atoms with Crippen LogP contribution in [0.25, 0.3) is 0 Å². The van der Waals surface area contributed by atoms with Crippen LogP contribution in [0.4, 0.5) is 0 Å². The van der Waals surface area contributed by atoms with Gasteiger partial charge in [-0.1, -0.05) is 33.8 Å². The third-order valence-corrected chi connectivity index (χ3v) is 2.00. The Labute approximate surface area is 104 Å². The van der Waals surface area contributed by atoms with Gasteiger partial charge in [0.05, 0.1) is 0 Å². The fraction of sp³-hybridized carbons (Fsp3) is 0. The van der Waals surface area contributed by atoms with Crippen LogP contribution < -0.4 is 0 Å². The van der Waals surface area contributed by atoms with E-state index >= 15 is 0 Å². The molecule has 0 amide bonds. The molecule has 0 saturated heterocycles. The summed E-state index contributed by atoms with van der Waals surface area (Å²) in [6.07, 6.45) is 0. The minimum atomic E-state index is 0.498. The molecule has 12 heavy (non-hydrogen) atoms. The summed E-state index contributed by atoms with van der Waals surface area (Å²) in [6.45, 7) is 3.64. The van der Waals surface area contributed by atoms with Crippen LogP contribution in [0.2, 0.25) is 15.1 Å². The van der Waals surface area contributed by atoms with E-state index in [1.54, 1.807) is 12.1 Å². The Bertz CT molecular complexity index is 242. The Morgan fingerprint density at radius 1 is 1.08 bits per heavy atom. The molecular formula is C7H4BrCl3Zn. The van der Waals surface area contributed by atoms with Gasteiger partial charge in [-0.3, -0.25) is 0 Å². The van der Waals surface area contributed by atoms with E-state index < -0.39 is 0 Å². The van der Waals surface area contributed by atoms with E-state index in [0.29, 0.717) is 20.6 Å². The van der Waals surface area contributed by atoms with Crippen molar-refractivity contribution >= 4 is 48.4 Å². The SMILES string of the molecule is [CH2-]c1c(Cl)cc(Cl)cc1Cl.[Zn+][Br]. The average Bonchev–Trinajstić information content (AvgIpc) is 2.04. The van der Waals surface area contributed by atoms with Gasteiger partial charge in [-0.25, -0.2) is 0 Å². The minimum absolute atomic E-state index is 0.498. The van der Waals surface area contributed by atoms with Crippen molar-refractivity contribution in [2.75, 3.05) is 0 Å². The Kier molecular flexibility index (Phi) is 7.08. The molecule has 0 nitrogen and oxygen atoms in total. The summed E-state index contributed by atoms with van der Waals surface area (Å²) in [5.41, 5.74) is 0.618. The van der Waals surface area contributed by atoms with Gasteiger partial charge < -0.3 is 0 Å². The molecule has 0 bridgehead atoms. The van der Waals surface area contributed by atoms with E-state index in [0.717, 1.165) is 0 Å². The molecule has 0 N–H and O–H groups in total. The van der Waals surface area contributed by atoms with Crippen molar-refractivity contribution in [1.29, 1.82) is 0 Å². The van der Waals surface area contributed by atoms with Crippen molar-refractivity contribution in [3.05, 3.63) is 39.7 Å². The Balaban J connectivity index is 0.000000561.